The normalized spacial score (nSPS) is 20.8. The summed E-state index contributed by atoms with van der Waals surface area (Å²) in [5.41, 5.74) is 1.07. The van der Waals surface area contributed by atoms with Gasteiger partial charge in [0.05, 0.1) is 17.3 Å². The molecule has 1 unspecified atom stereocenters. The van der Waals surface area contributed by atoms with Crippen LogP contribution in [0.15, 0.2) is 24.3 Å². The molecule has 4 nitrogen and oxygen atoms in total. The monoisotopic (exact) mass is 333 g/mol. The first-order chi connectivity index (χ1) is 9.44. The van der Waals surface area contributed by atoms with Crippen LogP contribution in [-0.4, -0.2) is 37.6 Å². The molecule has 0 aromatic heterocycles. The number of benzene rings is 1. The molecule has 7 heteroatoms. The van der Waals surface area contributed by atoms with Crippen molar-refractivity contribution < 1.29 is 13.2 Å². The molecular weight excluding hydrogens is 318 g/mol. The molecule has 1 fully saturated rings. The maximum absolute atomic E-state index is 11.7. The van der Waals surface area contributed by atoms with E-state index in [2.05, 4.69) is 5.32 Å². The SMILES string of the molecule is O=C(CSCc1cccc(Cl)c1)NC1CCS(=O)(=O)C1. The van der Waals surface area contributed by atoms with Crippen LogP contribution in [0.4, 0.5) is 0 Å². The van der Waals surface area contributed by atoms with Gasteiger partial charge in [-0.2, -0.15) is 0 Å². The van der Waals surface area contributed by atoms with Crippen molar-refractivity contribution in [2.75, 3.05) is 17.3 Å². The number of sulfone groups is 1. The van der Waals surface area contributed by atoms with Crippen LogP contribution in [0.1, 0.15) is 12.0 Å². The van der Waals surface area contributed by atoms with E-state index < -0.39 is 9.84 Å². The number of halogens is 1. The lowest BCUT2D eigenvalue weighted by molar-refractivity contribution is -0.119. The van der Waals surface area contributed by atoms with Crippen LogP contribution >= 0.6 is 23.4 Å². The maximum atomic E-state index is 11.7. The van der Waals surface area contributed by atoms with Gasteiger partial charge in [-0.05, 0) is 24.1 Å². The summed E-state index contributed by atoms with van der Waals surface area (Å²) < 4.78 is 22.6. The summed E-state index contributed by atoms with van der Waals surface area (Å²) in [6.45, 7) is 0. The lowest BCUT2D eigenvalue weighted by Crippen LogP contribution is -2.36. The predicted octanol–water partition coefficient (Wildman–Crippen LogP) is 1.88. The van der Waals surface area contributed by atoms with Crippen molar-refractivity contribution in [2.45, 2.75) is 18.2 Å². The zero-order chi connectivity index (χ0) is 14.6. The number of amides is 1. The molecule has 0 bridgehead atoms. The van der Waals surface area contributed by atoms with E-state index in [-0.39, 0.29) is 23.5 Å². The first-order valence-corrected chi connectivity index (χ1v) is 9.62. The molecular formula is C13H16ClNO3S2. The summed E-state index contributed by atoms with van der Waals surface area (Å²) >= 11 is 7.37. The summed E-state index contributed by atoms with van der Waals surface area (Å²) in [4.78, 5) is 11.7. The molecule has 1 N–H and O–H groups in total. The highest BCUT2D eigenvalue weighted by Crippen LogP contribution is 2.17. The van der Waals surface area contributed by atoms with Gasteiger partial charge in [-0.1, -0.05) is 23.7 Å². The van der Waals surface area contributed by atoms with Crippen molar-refractivity contribution in [3.05, 3.63) is 34.9 Å². The van der Waals surface area contributed by atoms with Crippen molar-refractivity contribution >= 4 is 39.1 Å². The van der Waals surface area contributed by atoms with Gasteiger partial charge < -0.3 is 5.32 Å². The highest BCUT2D eigenvalue weighted by molar-refractivity contribution is 7.99. The summed E-state index contributed by atoms with van der Waals surface area (Å²) in [5.74, 6) is 1.16. The fraction of sp³-hybridized carbons (Fsp3) is 0.462. The molecule has 0 radical (unpaired) electrons. The van der Waals surface area contributed by atoms with Crippen molar-refractivity contribution in [3.8, 4) is 0 Å². The zero-order valence-corrected chi connectivity index (χ0v) is 13.2. The molecule has 1 heterocycles. The molecule has 20 heavy (non-hydrogen) atoms. The molecule has 1 aromatic rings. The third kappa shape index (κ3) is 5.00. The summed E-state index contributed by atoms with van der Waals surface area (Å²) in [6, 6.07) is 7.29. The fourth-order valence-electron chi connectivity index (χ4n) is 2.07. The molecule has 2 rings (SSSR count). The van der Waals surface area contributed by atoms with Crippen LogP contribution in [-0.2, 0) is 20.4 Å². The number of nitrogens with one attached hydrogen (secondary N) is 1. The summed E-state index contributed by atoms with van der Waals surface area (Å²) in [7, 11) is -2.95. The highest BCUT2D eigenvalue weighted by Gasteiger charge is 2.28. The van der Waals surface area contributed by atoms with Crippen molar-refractivity contribution in [1.82, 2.24) is 5.32 Å². The maximum Gasteiger partial charge on any atom is 0.230 e. The minimum atomic E-state index is -2.95. The van der Waals surface area contributed by atoms with Gasteiger partial charge in [0.2, 0.25) is 5.91 Å². The molecule has 0 spiro atoms. The Morgan fingerprint density at radius 1 is 1.45 bits per heavy atom. The number of carbonyl (C=O) groups is 1. The van der Waals surface area contributed by atoms with Crippen LogP contribution < -0.4 is 5.32 Å². The van der Waals surface area contributed by atoms with E-state index >= 15 is 0 Å². The quantitative estimate of drug-likeness (QED) is 0.893. The molecule has 1 aliphatic rings. The molecule has 1 aliphatic heterocycles. The summed E-state index contributed by atoms with van der Waals surface area (Å²) in [5, 5.41) is 3.45. The van der Waals surface area contributed by atoms with E-state index in [9.17, 15) is 13.2 Å². The highest BCUT2D eigenvalue weighted by atomic mass is 35.5. The Kier molecular flexibility index (Phi) is 5.35. The smallest absolute Gasteiger partial charge is 0.230 e. The zero-order valence-electron chi connectivity index (χ0n) is 10.8. The van der Waals surface area contributed by atoms with Gasteiger partial charge in [-0.15, -0.1) is 11.8 Å². The number of hydrogen-bond acceptors (Lipinski definition) is 4. The van der Waals surface area contributed by atoms with Gasteiger partial charge in [0.1, 0.15) is 0 Å². The van der Waals surface area contributed by atoms with Gasteiger partial charge in [0, 0.05) is 16.8 Å². The average Bonchev–Trinajstić information content (AvgIpc) is 2.68. The Balaban J connectivity index is 1.71. The molecule has 1 aromatic carbocycles. The van der Waals surface area contributed by atoms with E-state index in [0.29, 0.717) is 22.9 Å². The Bertz CT molecular complexity index is 589. The van der Waals surface area contributed by atoms with Crippen molar-refractivity contribution in [3.63, 3.8) is 0 Å². The van der Waals surface area contributed by atoms with Gasteiger partial charge in [-0.25, -0.2) is 8.42 Å². The van der Waals surface area contributed by atoms with E-state index in [0.717, 1.165) is 5.56 Å². The third-order valence-electron chi connectivity index (χ3n) is 2.99. The Morgan fingerprint density at radius 2 is 2.25 bits per heavy atom. The largest absolute Gasteiger partial charge is 0.352 e. The first kappa shape index (κ1) is 15.7. The second kappa shape index (κ2) is 6.83. The van der Waals surface area contributed by atoms with Crippen LogP contribution in [0, 0.1) is 0 Å². The number of thioether (sulfide) groups is 1. The van der Waals surface area contributed by atoms with E-state index in [1.807, 2.05) is 24.3 Å². The lowest BCUT2D eigenvalue weighted by Gasteiger charge is -2.10. The second-order valence-electron chi connectivity index (χ2n) is 4.79. The Hall–Kier alpha value is -0.720. The topological polar surface area (TPSA) is 63.2 Å². The first-order valence-electron chi connectivity index (χ1n) is 6.26. The van der Waals surface area contributed by atoms with Crippen LogP contribution in [0.3, 0.4) is 0 Å². The number of hydrogen-bond donors (Lipinski definition) is 1. The van der Waals surface area contributed by atoms with Crippen molar-refractivity contribution in [2.24, 2.45) is 0 Å². The van der Waals surface area contributed by atoms with Crippen LogP contribution in [0.2, 0.25) is 5.02 Å². The third-order valence-corrected chi connectivity index (χ3v) is 6.00. The van der Waals surface area contributed by atoms with Gasteiger partial charge in [0.15, 0.2) is 9.84 Å². The molecule has 1 atom stereocenters. The lowest BCUT2D eigenvalue weighted by atomic mass is 10.2. The molecule has 1 amide bonds. The fourth-order valence-corrected chi connectivity index (χ4v) is 4.74. The van der Waals surface area contributed by atoms with Gasteiger partial charge in [0.25, 0.3) is 0 Å². The van der Waals surface area contributed by atoms with Crippen LogP contribution in [0.5, 0.6) is 0 Å². The second-order valence-corrected chi connectivity index (χ2v) is 8.44. The number of carbonyl (C=O) groups excluding carboxylic acids is 1. The summed E-state index contributed by atoms with van der Waals surface area (Å²) in [6.07, 6.45) is 0.521. The molecule has 0 aliphatic carbocycles. The van der Waals surface area contributed by atoms with Gasteiger partial charge in [-0.3, -0.25) is 4.79 Å². The molecule has 0 saturated carbocycles. The Morgan fingerprint density at radius 3 is 2.90 bits per heavy atom. The molecule has 1 saturated heterocycles. The molecule has 110 valence electrons. The van der Waals surface area contributed by atoms with E-state index in [4.69, 9.17) is 11.6 Å². The van der Waals surface area contributed by atoms with Crippen LogP contribution in [0.25, 0.3) is 0 Å². The minimum Gasteiger partial charge on any atom is -0.352 e. The average molecular weight is 334 g/mol. The van der Waals surface area contributed by atoms with Crippen molar-refractivity contribution in [1.29, 1.82) is 0 Å². The minimum absolute atomic E-state index is 0.0672. The predicted molar refractivity (Wildman–Crippen MR) is 82.8 cm³/mol. The Labute approximate surface area is 128 Å². The van der Waals surface area contributed by atoms with E-state index in [1.165, 1.54) is 11.8 Å². The van der Waals surface area contributed by atoms with E-state index in [1.54, 1.807) is 0 Å². The van der Waals surface area contributed by atoms with Gasteiger partial charge >= 0.3 is 0 Å². The number of rotatable bonds is 5. The standard InChI is InChI=1S/C13H16ClNO3S2/c14-11-3-1-2-10(6-11)7-19-8-13(16)15-12-4-5-20(17,18)9-12/h1-3,6,12H,4-5,7-9H2,(H,15,16).